The van der Waals surface area contributed by atoms with Gasteiger partial charge in [-0.3, -0.25) is 0 Å². The Hall–Kier alpha value is -0.810. The van der Waals surface area contributed by atoms with Gasteiger partial charge >= 0.3 is 6.03 Å². The minimum Gasteiger partial charge on any atom is -0.389 e. The summed E-state index contributed by atoms with van der Waals surface area (Å²) in [5.41, 5.74) is 0. The largest absolute Gasteiger partial charge is 0.389 e. The lowest BCUT2D eigenvalue weighted by Gasteiger charge is -2.31. The standard InChI is InChI=1S/C17H32N2O3/c1-12(2)14-5-7-15(8-6-14)19-17(21)18-9-16(20)11-22-10-13-3-4-13/h12-16,20H,3-11H2,1-2H3,(H2,18,19,21). The number of amides is 2. The summed E-state index contributed by atoms with van der Waals surface area (Å²) in [6.07, 6.45) is 6.37. The SMILES string of the molecule is CC(C)C1CCC(NC(=O)NCC(O)COCC2CC2)CC1. The van der Waals surface area contributed by atoms with Gasteiger partial charge in [-0.1, -0.05) is 13.8 Å². The summed E-state index contributed by atoms with van der Waals surface area (Å²) in [5.74, 6) is 2.23. The van der Waals surface area contributed by atoms with Crippen LogP contribution in [0.25, 0.3) is 0 Å². The molecule has 0 spiro atoms. The minimum absolute atomic E-state index is 0.172. The normalized spacial score (nSPS) is 26.7. The average Bonchev–Trinajstić information content (AvgIpc) is 3.30. The van der Waals surface area contributed by atoms with Crippen LogP contribution >= 0.6 is 0 Å². The van der Waals surface area contributed by atoms with Crippen LogP contribution in [0.4, 0.5) is 4.79 Å². The van der Waals surface area contributed by atoms with Crippen LogP contribution in [-0.4, -0.2) is 43.0 Å². The zero-order chi connectivity index (χ0) is 15.9. The maximum atomic E-state index is 11.8. The van der Waals surface area contributed by atoms with Gasteiger partial charge in [0, 0.05) is 19.2 Å². The number of urea groups is 1. The highest BCUT2D eigenvalue weighted by molar-refractivity contribution is 5.74. The molecular formula is C17H32N2O3. The highest BCUT2D eigenvalue weighted by Gasteiger charge is 2.24. The van der Waals surface area contributed by atoms with Gasteiger partial charge in [0.25, 0.3) is 0 Å². The number of aliphatic hydroxyl groups excluding tert-OH is 1. The lowest BCUT2D eigenvalue weighted by atomic mass is 9.80. The van der Waals surface area contributed by atoms with Crippen LogP contribution in [0.15, 0.2) is 0 Å². The monoisotopic (exact) mass is 312 g/mol. The first kappa shape index (κ1) is 17.5. The molecule has 0 aromatic heterocycles. The number of hydrogen-bond acceptors (Lipinski definition) is 3. The molecule has 1 atom stereocenters. The fraction of sp³-hybridized carbons (Fsp3) is 0.941. The molecule has 2 saturated carbocycles. The lowest BCUT2D eigenvalue weighted by Crippen LogP contribution is -2.46. The van der Waals surface area contributed by atoms with E-state index in [9.17, 15) is 9.90 Å². The third kappa shape index (κ3) is 6.53. The van der Waals surface area contributed by atoms with Crippen LogP contribution in [0.3, 0.4) is 0 Å². The summed E-state index contributed by atoms with van der Waals surface area (Å²) in [4.78, 5) is 11.8. The fourth-order valence-corrected chi connectivity index (χ4v) is 3.09. The quantitative estimate of drug-likeness (QED) is 0.644. The number of hydrogen-bond donors (Lipinski definition) is 3. The van der Waals surface area contributed by atoms with E-state index in [1.54, 1.807) is 0 Å². The first-order valence-corrected chi connectivity index (χ1v) is 8.84. The van der Waals surface area contributed by atoms with Crippen molar-refractivity contribution in [2.75, 3.05) is 19.8 Å². The van der Waals surface area contributed by atoms with E-state index in [-0.39, 0.29) is 18.6 Å². The second-order valence-corrected chi connectivity index (χ2v) is 7.34. The van der Waals surface area contributed by atoms with Crippen molar-refractivity contribution < 1.29 is 14.6 Å². The molecule has 0 heterocycles. The van der Waals surface area contributed by atoms with Crippen LogP contribution in [0, 0.1) is 17.8 Å². The Morgan fingerprint density at radius 1 is 1.18 bits per heavy atom. The van der Waals surface area contributed by atoms with Gasteiger partial charge in [-0.25, -0.2) is 4.79 Å². The number of aliphatic hydroxyl groups is 1. The molecule has 1 unspecified atom stereocenters. The summed E-state index contributed by atoms with van der Waals surface area (Å²) in [6, 6.07) is 0.104. The topological polar surface area (TPSA) is 70.6 Å². The van der Waals surface area contributed by atoms with Crippen LogP contribution in [-0.2, 0) is 4.74 Å². The maximum absolute atomic E-state index is 11.8. The van der Waals surface area contributed by atoms with Crippen molar-refractivity contribution in [3.8, 4) is 0 Å². The lowest BCUT2D eigenvalue weighted by molar-refractivity contribution is 0.0336. The highest BCUT2D eigenvalue weighted by atomic mass is 16.5. The Kier molecular flexibility index (Phi) is 6.96. The molecule has 3 N–H and O–H groups in total. The Morgan fingerprint density at radius 2 is 1.86 bits per heavy atom. The van der Waals surface area contributed by atoms with Crippen LogP contribution in [0.2, 0.25) is 0 Å². The molecule has 22 heavy (non-hydrogen) atoms. The van der Waals surface area contributed by atoms with E-state index in [2.05, 4.69) is 24.5 Å². The fourth-order valence-electron chi connectivity index (χ4n) is 3.09. The van der Waals surface area contributed by atoms with Gasteiger partial charge < -0.3 is 20.5 Å². The van der Waals surface area contributed by atoms with Crippen molar-refractivity contribution in [3.63, 3.8) is 0 Å². The number of carbonyl (C=O) groups excluding carboxylic acids is 1. The molecule has 0 bridgehead atoms. The Balaban J connectivity index is 1.51. The van der Waals surface area contributed by atoms with E-state index in [1.807, 2.05) is 0 Å². The smallest absolute Gasteiger partial charge is 0.315 e. The van der Waals surface area contributed by atoms with E-state index in [0.717, 1.165) is 31.3 Å². The first-order valence-electron chi connectivity index (χ1n) is 8.84. The van der Waals surface area contributed by atoms with Gasteiger partial charge in [-0.05, 0) is 56.3 Å². The van der Waals surface area contributed by atoms with Crippen molar-refractivity contribution in [3.05, 3.63) is 0 Å². The van der Waals surface area contributed by atoms with Crippen LogP contribution in [0.1, 0.15) is 52.4 Å². The summed E-state index contributed by atoms with van der Waals surface area (Å²) < 4.78 is 5.41. The molecule has 0 aromatic carbocycles. The van der Waals surface area contributed by atoms with Crippen LogP contribution in [0.5, 0.6) is 0 Å². The Labute approximate surface area is 134 Å². The van der Waals surface area contributed by atoms with Crippen molar-refractivity contribution in [2.24, 2.45) is 17.8 Å². The molecule has 5 nitrogen and oxygen atoms in total. The molecule has 0 saturated heterocycles. The van der Waals surface area contributed by atoms with Gasteiger partial charge in [0.2, 0.25) is 0 Å². The summed E-state index contributed by atoms with van der Waals surface area (Å²) >= 11 is 0. The molecule has 2 amide bonds. The zero-order valence-electron chi connectivity index (χ0n) is 14.0. The molecule has 0 radical (unpaired) electrons. The van der Waals surface area contributed by atoms with Crippen molar-refractivity contribution in [2.45, 2.75) is 64.5 Å². The maximum Gasteiger partial charge on any atom is 0.315 e. The summed E-state index contributed by atoms with van der Waals surface area (Å²) in [6.45, 7) is 5.84. The molecular weight excluding hydrogens is 280 g/mol. The Morgan fingerprint density at radius 3 is 2.45 bits per heavy atom. The molecule has 0 aliphatic heterocycles. The molecule has 2 aliphatic carbocycles. The molecule has 2 rings (SSSR count). The molecule has 2 aliphatic rings. The van der Waals surface area contributed by atoms with E-state index < -0.39 is 6.10 Å². The summed E-state index contributed by atoms with van der Waals surface area (Å²) in [5, 5.41) is 15.5. The molecule has 128 valence electrons. The second-order valence-electron chi connectivity index (χ2n) is 7.34. The van der Waals surface area contributed by atoms with Crippen molar-refractivity contribution in [1.82, 2.24) is 10.6 Å². The number of rotatable bonds is 8. The van der Waals surface area contributed by atoms with E-state index in [1.165, 1.54) is 25.7 Å². The van der Waals surface area contributed by atoms with Crippen molar-refractivity contribution in [1.29, 1.82) is 0 Å². The third-order valence-electron chi connectivity index (χ3n) is 4.91. The van der Waals surface area contributed by atoms with Gasteiger partial charge in [0.05, 0.1) is 12.7 Å². The predicted octanol–water partition coefficient (Wildman–Crippen LogP) is 2.29. The average molecular weight is 312 g/mol. The molecule has 5 heteroatoms. The van der Waals surface area contributed by atoms with Crippen LogP contribution < -0.4 is 10.6 Å². The van der Waals surface area contributed by atoms with E-state index in [4.69, 9.17) is 4.74 Å². The van der Waals surface area contributed by atoms with Gasteiger partial charge in [-0.2, -0.15) is 0 Å². The number of ether oxygens (including phenoxy) is 1. The second kappa shape index (κ2) is 8.73. The highest BCUT2D eigenvalue weighted by Crippen LogP contribution is 2.30. The third-order valence-corrected chi connectivity index (χ3v) is 4.91. The predicted molar refractivity (Wildman–Crippen MR) is 86.7 cm³/mol. The number of carbonyl (C=O) groups is 1. The minimum atomic E-state index is -0.624. The molecule has 0 aromatic rings. The van der Waals surface area contributed by atoms with Gasteiger partial charge in [0.15, 0.2) is 0 Å². The van der Waals surface area contributed by atoms with Gasteiger partial charge in [-0.15, -0.1) is 0 Å². The zero-order valence-corrected chi connectivity index (χ0v) is 14.0. The van der Waals surface area contributed by atoms with E-state index in [0.29, 0.717) is 12.5 Å². The van der Waals surface area contributed by atoms with Crippen molar-refractivity contribution >= 4 is 6.03 Å². The van der Waals surface area contributed by atoms with E-state index >= 15 is 0 Å². The number of nitrogens with one attached hydrogen (secondary N) is 2. The Bertz CT molecular complexity index is 337. The summed E-state index contributed by atoms with van der Waals surface area (Å²) in [7, 11) is 0. The molecule has 2 fully saturated rings. The van der Waals surface area contributed by atoms with Gasteiger partial charge in [0.1, 0.15) is 0 Å². The first-order chi connectivity index (χ1) is 10.5.